The monoisotopic (exact) mass is 315 g/mol. The maximum absolute atomic E-state index is 12.0. The first kappa shape index (κ1) is 16.4. The number of hydrogen-bond donors (Lipinski definition) is 2. The molecule has 0 atom stereocenters. The van der Waals surface area contributed by atoms with Crippen molar-refractivity contribution in [1.82, 2.24) is 14.9 Å². The van der Waals surface area contributed by atoms with Crippen LogP contribution in [0.25, 0.3) is 11.3 Å². The van der Waals surface area contributed by atoms with Crippen LogP contribution in [0.4, 0.5) is 0 Å². The normalized spacial score (nSPS) is 10.3. The van der Waals surface area contributed by atoms with E-state index < -0.39 is 11.9 Å². The lowest BCUT2D eigenvalue weighted by molar-refractivity contribution is -0.138. The van der Waals surface area contributed by atoms with Gasteiger partial charge in [0.2, 0.25) is 5.91 Å². The molecule has 0 spiro atoms. The van der Waals surface area contributed by atoms with Gasteiger partial charge < -0.3 is 10.4 Å². The zero-order valence-electron chi connectivity index (χ0n) is 12.7. The zero-order chi connectivity index (χ0) is 16.8. The van der Waals surface area contributed by atoms with E-state index in [-0.39, 0.29) is 24.9 Å². The number of carbonyl (C=O) groups excluding carboxylic acids is 1. The number of carboxylic acid groups (broad SMARTS) is 1. The number of nitrogens with one attached hydrogen (secondary N) is 1. The molecule has 0 saturated heterocycles. The summed E-state index contributed by atoms with van der Waals surface area (Å²) in [7, 11) is 1.57. The molecule has 2 N–H and O–H groups in total. The smallest absolute Gasteiger partial charge is 0.303 e. The van der Waals surface area contributed by atoms with Crippen LogP contribution in [0.15, 0.2) is 41.2 Å². The van der Waals surface area contributed by atoms with Crippen molar-refractivity contribution in [1.29, 1.82) is 0 Å². The Morgan fingerprint density at radius 3 is 2.57 bits per heavy atom. The Balaban J connectivity index is 2.15. The van der Waals surface area contributed by atoms with E-state index in [1.54, 1.807) is 7.05 Å². The lowest BCUT2D eigenvalue weighted by atomic mass is 10.1. The first-order chi connectivity index (χ1) is 11.0. The Hall–Kier alpha value is -2.96. The summed E-state index contributed by atoms with van der Waals surface area (Å²) in [4.78, 5) is 38.5. The van der Waals surface area contributed by atoms with Gasteiger partial charge in [-0.15, -0.1) is 0 Å². The highest BCUT2D eigenvalue weighted by molar-refractivity contribution is 5.80. The summed E-state index contributed by atoms with van der Waals surface area (Å²) >= 11 is 0. The minimum absolute atomic E-state index is 0.0604. The molecule has 2 rings (SSSR count). The van der Waals surface area contributed by atoms with Gasteiger partial charge >= 0.3 is 5.97 Å². The van der Waals surface area contributed by atoms with Crippen molar-refractivity contribution < 1.29 is 14.7 Å². The molecular formula is C16H17N3O4. The van der Waals surface area contributed by atoms with Crippen molar-refractivity contribution in [2.24, 2.45) is 7.05 Å². The molecule has 7 nitrogen and oxygen atoms in total. The molecule has 0 saturated carbocycles. The molecule has 1 aromatic heterocycles. The Morgan fingerprint density at radius 2 is 1.91 bits per heavy atom. The molecule has 0 fully saturated rings. The minimum Gasteiger partial charge on any atom is -0.481 e. The molecule has 120 valence electrons. The van der Waals surface area contributed by atoms with E-state index in [0.29, 0.717) is 11.5 Å². The van der Waals surface area contributed by atoms with Gasteiger partial charge in [0, 0.05) is 25.1 Å². The summed E-state index contributed by atoms with van der Waals surface area (Å²) < 4.78 is 1.35. The van der Waals surface area contributed by atoms with Crippen molar-refractivity contribution in [3.8, 4) is 11.3 Å². The average molecular weight is 315 g/mol. The number of hydrogen-bond acceptors (Lipinski definition) is 4. The molecule has 0 aliphatic rings. The van der Waals surface area contributed by atoms with Gasteiger partial charge in [-0.1, -0.05) is 30.3 Å². The van der Waals surface area contributed by atoms with Crippen molar-refractivity contribution in [2.45, 2.75) is 19.4 Å². The fourth-order valence-electron chi connectivity index (χ4n) is 1.99. The largest absolute Gasteiger partial charge is 0.481 e. The SMILES string of the molecule is Cn1c(CNC(=O)CCC(=O)O)nc(-c2ccccc2)cc1=O. The molecule has 0 bridgehead atoms. The minimum atomic E-state index is -1.03. The number of aliphatic carboxylic acids is 1. The van der Waals surface area contributed by atoms with E-state index >= 15 is 0 Å². The van der Waals surface area contributed by atoms with E-state index in [4.69, 9.17) is 5.11 Å². The molecule has 0 aliphatic heterocycles. The van der Waals surface area contributed by atoms with E-state index in [1.165, 1.54) is 10.6 Å². The van der Waals surface area contributed by atoms with Crippen LogP contribution >= 0.6 is 0 Å². The van der Waals surface area contributed by atoms with Crippen molar-refractivity contribution in [2.75, 3.05) is 0 Å². The molecule has 1 amide bonds. The molecular weight excluding hydrogens is 298 g/mol. The predicted octanol–water partition coefficient (Wildman–Crippen LogP) is 0.928. The van der Waals surface area contributed by atoms with Crippen molar-refractivity contribution in [3.05, 3.63) is 52.6 Å². The number of benzene rings is 1. The first-order valence-electron chi connectivity index (χ1n) is 7.08. The first-order valence-corrected chi connectivity index (χ1v) is 7.08. The van der Waals surface area contributed by atoms with Gasteiger partial charge in [0.25, 0.3) is 5.56 Å². The highest BCUT2D eigenvalue weighted by Gasteiger charge is 2.10. The number of nitrogens with zero attached hydrogens (tertiary/aromatic N) is 2. The van der Waals surface area contributed by atoms with Crippen LogP contribution in [0.3, 0.4) is 0 Å². The summed E-state index contributed by atoms with van der Waals surface area (Å²) in [6, 6.07) is 10.7. The van der Waals surface area contributed by atoms with Gasteiger partial charge in [-0.2, -0.15) is 0 Å². The number of aromatic nitrogens is 2. The fourth-order valence-corrected chi connectivity index (χ4v) is 1.99. The molecule has 1 heterocycles. The Morgan fingerprint density at radius 1 is 1.22 bits per heavy atom. The van der Waals surface area contributed by atoms with E-state index in [0.717, 1.165) is 5.56 Å². The molecule has 0 aliphatic carbocycles. The summed E-state index contributed by atoms with van der Waals surface area (Å²) in [6.07, 6.45) is -0.343. The molecule has 7 heteroatoms. The summed E-state index contributed by atoms with van der Waals surface area (Å²) in [5, 5.41) is 11.1. The highest BCUT2D eigenvalue weighted by Crippen LogP contribution is 2.14. The molecule has 23 heavy (non-hydrogen) atoms. The van der Waals surface area contributed by atoms with E-state index in [2.05, 4.69) is 10.3 Å². The van der Waals surface area contributed by atoms with Crippen LogP contribution in [-0.4, -0.2) is 26.5 Å². The van der Waals surface area contributed by atoms with Gasteiger partial charge in [0.1, 0.15) is 5.82 Å². The van der Waals surface area contributed by atoms with Gasteiger partial charge in [-0.3, -0.25) is 19.0 Å². The number of amides is 1. The highest BCUT2D eigenvalue weighted by atomic mass is 16.4. The lowest BCUT2D eigenvalue weighted by Crippen LogP contribution is -2.29. The van der Waals surface area contributed by atoms with Crippen molar-refractivity contribution in [3.63, 3.8) is 0 Å². The maximum Gasteiger partial charge on any atom is 0.303 e. The van der Waals surface area contributed by atoms with Crippen LogP contribution in [0, 0.1) is 0 Å². The Bertz CT molecular complexity index is 769. The second kappa shape index (κ2) is 7.35. The third-order valence-electron chi connectivity index (χ3n) is 3.31. The third kappa shape index (κ3) is 4.50. The number of rotatable bonds is 6. The fraction of sp³-hybridized carbons (Fsp3) is 0.250. The van der Waals surface area contributed by atoms with Gasteiger partial charge in [0.05, 0.1) is 18.7 Å². The molecule has 1 aromatic carbocycles. The van der Waals surface area contributed by atoms with Crippen LogP contribution in [-0.2, 0) is 23.2 Å². The lowest BCUT2D eigenvalue weighted by Gasteiger charge is -2.10. The second-order valence-corrected chi connectivity index (χ2v) is 4.99. The molecule has 0 radical (unpaired) electrons. The summed E-state index contributed by atoms with van der Waals surface area (Å²) in [5.74, 6) is -1.02. The second-order valence-electron chi connectivity index (χ2n) is 4.99. The Kier molecular flexibility index (Phi) is 5.24. The van der Waals surface area contributed by atoms with Crippen LogP contribution in [0.2, 0.25) is 0 Å². The van der Waals surface area contributed by atoms with E-state index in [1.807, 2.05) is 30.3 Å². The predicted molar refractivity (Wildman–Crippen MR) is 83.6 cm³/mol. The van der Waals surface area contributed by atoms with Crippen LogP contribution < -0.4 is 10.9 Å². The van der Waals surface area contributed by atoms with Crippen LogP contribution in [0.1, 0.15) is 18.7 Å². The van der Waals surface area contributed by atoms with Gasteiger partial charge in [-0.25, -0.2) is 4.98 Å². The quantitative estimate of drug-likeness (QED) is 0.825. The molecule has 0 unspecified atom stereocenters. The van der Waals surface area contributed by atoms with Crippen LogP contribution in [0.5, 0.6) is 0 Å². The number of carboxylic acids is 1. The maximum atomic E-state index is 12.0. The number of carbonyl (C=O) groups is 2. The average Bonchev–Trinajstić information content (AvgIpc) is 2.55. The standard InChI is InChI=1S/C16H17N3O4/c1-19-13(10-17-14(20)7-8-16(22)23)18-12(9-15(19)21)11-5-3-2-4-6-11/h2-6,9H,7-8,10H2,1H3,(H,17,20)(H,22,23). The van der Waals surface area contributed by atoms with Gasteiger partial charge in [-0.05, 0) is 0 Å². The van der Waals surface area contributed by atoms with Gasteiger partial charge in [0.15, 0.2) is 0 Å². The zero-order valence-corrected chi connectivity index (χ0v) is 12.7. The Labute approximate surface area is 132 Å². The topological polar surface area (TPSA) is 101 Å². The molecule has 2 aromatic rings. The summed E-state index contributed by atoms with van der Waals surface area (Å²) in [6.45, 7) is 0.0604. The van der Waals surface area contributed by atoms with Crippen molar-refractivity contribution >= 4 is 11.9 Å². The summed E-state index contributed by atoms with van der Waals surface area (Å²) in [5.41, 5.74) is 1.11. The van der Waals surface area contributed by atoms with E-state index in [9.17, 15) is 14.4 Å². The third-order valence-corrected chi connectivity index (χ3v) is 3.31.